The van der Waals surface area contributed by atoms with Gasteiger partial charge in [-0.15, -0.1) is 0 Å². The van der Waals surface area contributed by atoms with E-state index in [0.717, 1.165) is 5.56 Å². The van der Waals surface area contributed by atoms with Gasteiger partial charge in [0, 0.05) is 39.8 Å². The minimum Gasteiger partial charge on any atom is -0.390 e. The van der Waals surface area contributed by atoms with E-state index in [9.17, 15) is 10.1 Å². The van der Waals surface area contributed by atoms with Gasteiger partial charge in [0.1, 0.15) is 5.82 Å². The molecule has 0 aliphatic carbocycles. The molecular formula is C9H9BrN6O2. The molecular weight excluding hydrogens is 304 g/mol. The first-order valence-corrected chi connectivity index (χ1v) is 5.77. The summed E-state index contributed by atoms with van der Waals surface area (Å²) in [5, 5.41) is 17.3. The number of hydrogen-bond acceptors (Lipinski definition) is 6. The van der Waals surface area contributed by atoms with Crippen LogP contribution in [0.2, 0.25) is 0 Å². The van der Waals surface area contributed by atoms with E-state index in [1.807, 2.05) is 6.07 Å². The van der Waals surface area contributed by atoms with Crippen LogP contribution in [0.3, 0.4) is 0 Å². The highest BCUT2D eigenvalue weighted by molar-refractivity contribution is 9.10. The molecule has 0 aliphatic heterocycles. The number of nitrogens with one attached hydrogen (secondary N) is 1. The Morgan fingerprint density at radius 2 is 2.39 bits per heavy atom. The fourth-order valence-corrected chi connectivity index (χ4v) is 1.81. The zero-order chi connectivity index (χ0) is 13.1. The van der Waals surface area contributed by atoms with Gasteiger partial charge in [0.25, 0.3) is 4.73 Å². The second-order valence-corrected chi connectivity index (χ2v) is 4.07. The van der Waals surface area contributed by atoms with Crippen molar-refractivity contribution in [3.05, 3.63) is 38.7 Å². The van der Waals surface area contributed by atoms with E-state index in [-0.39, 0.29) is 0 Å². The van der Waals surface area contributed by atoms with E-state index < -0.39 is 10.9 Å². The number of hydrogen-bond donors (Lipinski definition) is 1. The van der Waals surface area contributed by atoms with Crippen molar-refractivity contribution in [3.8, 4) is 0 Å². The number of aromatic nitrogens is 4. The Morgan fingerprint density at radius 1 is 1.61 bits per heavy atom. The summed E-state index contributed by atoms with van der Waals surface area (Å²) in [6.07, 6.45) is 1.66. The molecule has 0 saturated carbocycles. The average molecular weight is 313 g/mol. The Labute approximate surface area is 110 Å². The lowest BCUT2D eigenvalue weighted by molar-refractivity contribution is -0.394. The second-order valence-electron chi connectivity index (χ2n) is 3.36. The Kier molecular flexibility index (Phi) is 3.51. The fraction of sp³-hybridized carbons (Fsp3) is 0.222. The number of anilines is 1. The van der Waals surface area contributed by atoms with Crippen molar-refractivity contribution in [2.45, 2.75) is 6.54 Å². The molecule has 0 amide bonds. The van der Waals surface area contributed by atoms with Gasteiger partial charge in [-0.3, -0.25) is 0 Å². The maximum Gasteiger partial charge on any atom is 0.492 e. The molecule has 18 heavy (non-hydrogen) atoms. The number of nitrogens with zero attached hydrogens (tertiary/aromatic N) is 5. The van der Waals surface area contributed by atoms with Gasteiger partial charge in [-0.25, -0.2) is 4.98 Å². The van der Waals surface area contributed by atoms with Crippen LogP contribution in [0.5, 0.6) is 0 Å². The SMILES string of the molecule is CNc1ncccc1Cn1nc([N+](=O)[O-])nc1Br. The summed E-state index contributed by atoms with van der Waals surface area (Å²) in [6, 6.07) is 3.65. The van der Waals surface area contributed by atoms with E-state index in [0.29, 0.717) is 17.1 Å². The molecule has 0 saturated heterocycles. The topological polar surface area (TPSA) is 98.8 Å². The van der Waals surface area contributed by atoms with Crippen molar-refractivity contribution in [2.24, 2.45) is 0 Å². The van der Waals surface area contributed by atoms with Crippen LogP contribution in [0, 0.1) is 10.1 Å². The first-order chi connectivity index (χ1) is 8.61. The van der Waals surface area contributed by atoms with Crippen LogP contribution in [0.1, 0.15) is 5.56 Å². The van der Waals surface area contributed by atoms with Crippen LogP contribution >= 0.6 is 15.9 Å². The zero-order valence-electron chi connectivity index (χ0n) is 9.37. The largest absolute Gasteiger partial charge is 0.492 e. The molecule has 0 bridgehead atoms. The van der Waals surface area contributed by atoms with Crippen LogP contribution in [0.4, 0.5) is 11.8 Å². The second kappa shape index (κ2) is 5.08. The van der Waals surface area contributed by atoms with Crippen molar-refractivity contribution in [1.29, 1.82) is 0 Å². The van der Waals surface area contributed by atoms with Gasteiger partial charge in [0.2, 0.25) is 0 Å². The fourth-order valence-electron chi connectivity index (χ4n) is 1.44. The Hall–Kier alpha value is -2.03. The molecule has 9 heteroatoms. The summed E-state index contributed by atoms with van der Waals surface area (Å²) >= 11 is 3.13. The predicted molar refractivity (Wildman–Crippen MR) is 67.3 cm³/mol. The summed E-state index contributed by atoms with van der Waals surface area (Å²) in [4.78, 5) is 17.8. The summed E-state index contributed by atoms with van der Waals surface area (Å²) in [6.45, 7) is 0.339. The van der Waals surface area contributed by atoms with Gasteiger partial charge in [0.05, 0.1) is 6.54 Å². The van der Waals surface area contributed by atoms with E-state index in [2.05, 4.69) is 36.3 Å². The number of nitro groups is 1. The van der Waals surface area contributed by atoms with E-state index in [4.69, 9.17) is 0 Å². The van der Waals surface area contributed by atoms with Crippen LogP contribution in [0.15, 0.2) is 23.1 Å². The quantitative estimate of drug-likeness (QED) is 0.677. The number of halogens is 1. The third-order valence-corrected chi connectivity index (χ3v) is 2.81. The molecule has 0 radical (unpaired) electrons. The van der Waals surface area contributed by atoms with Gasteiger partial charge >= 0.3 is 5.95 Å². The number of pyridine rings is 1. The highest BCUT2D eigenvalue weighted by Gasteiger charge is 2.20. The van der Waals surface area contributed by atoms with Crippen molar-refractivity contribution < 1.29 is 4.92 Å². The van der Waals surface area contributed by atoms with E-state index in [1.165, 1.54) is 4.68 Å². The number of rotatable bonds is 4. The Morgan fingerprint density at radius 3 is 3.00 bits per heavy atom. The van der Waals surface area contributed by atoms with Gasteiger partial charge in [-0.1, -0.05) is 6.07 Å². The smallest absolute Gasteiger partial charge is 0.390 e. The van der Waals surface area contributed by atoms with Crippen LogP contribution in [-0.4, -0.2) is 31.7 Å². The van der Waals surface area contributed by atoms with Crippen molar-refractivity contribution in [3.63, 3.8) is 0 Å². The first kappa shape index (κ1) is 12.4. The normalized spacial score (nSPS) is 10.3. The maximum atomic E-state index is 10.6. The molecule has 2 heterocycles. The lowest BCUT2D eigenvalue weighted by Gasteiger charge is -2.05. The minimum absolute atomic E-state index is 0.306. The summed E-state index contributed by atoms with van der Waals surface area (Å²) < 4.78 is 1.70. The maximum absolute atomic E-state index is 10.6. The van der Waals surface area contributed by atoms with Gasteiger partial charge in [0.15, 0.2) is 0 Å². The third kappa shape index (κ3) is 2.45. The molecule has 0 aromatic carbocycles. The summed E-state index contributed by atoms with van der Waals surface area (Å²) in [5.41, 5.74) is 0.862. The minimum atomic E-state index is -0.635. The molecule has 0 atom stereocenters. The van der Waals surface area contributed by atoms with Gasteiger partial charge < -0.3 is 15.4 Å². The summed E-state index contributed by atoms with van der Waals surface area (Å²) in [7, 11) is 1.75. The van der Waals surface area contributed by atoms with Crippen LogP contribution in [-0.2, 0) is 6.54 Å². The molecule has 8 nitrogen and oxygen atoms in total. The Balaban J connectivity index is 2.31. The molecule has 0 unspecified atom stereocenters. The van der Waals surface area contributed by atoms with E-state index >= 15 is 0 Å². The third-order valence-electron chi connectivity index (χ3n) is 2.23. The van der Waals surface area contributed by atoms with Crippen molar-refractivity contribution in [2.75, 3.05) is 12.4 Å². The highest BCUT2D eigenvalue weighted by atomic mass is 79.9. The molecule has 2 rings (SSSR count). The van der Waals surface area contributed by atoms with Crippen molar-refractivity contribution in [1.82, 2.24) is 19.7 Å². The standard InChI is InChI=1S/C9H9BrN6O2/c1-11-7-6(3-2-4-12-7)5-15-8(10)13-9(14-15)16(17)18/h2-4H,5H2,1H3,(H,11,12). The molecule has 2 aromatic heterocycles. The lowest BCUT2D eigenvalue weighted by Crippen LogP contribution is -2.06. The monoisotopic (exact) mass is 312 g/mol. The zero-order valence-corrected chi connectivity index (χ0v) is 11.0. The highest BCUT2D eigenvalue weighted by Crippen LogP contribution is 2.17. The van der Waals surface area contributed by atoms with Crippen LogP contribution < -0.4 is 5.32 Å². The van der Waals surface area contributed by atoms with Crippen LogP contribution in [0.25, 0.3) is 0 Å². The molecule has 0 spiro atoms. The molecule has 1 N–H and O–H groups in total. The molecule has 2 aromatic rings. The lowest BCUT2D eigenvalue weighted by atomic mass is 10.2. The average Bonchev–Trinajstić information content (AvgIpc) is 2.72. The first-order valence-electron chi connectivity index (χ1n) is 4.98. The van der Waals surface area contributed by atoms with Crippen molar-refractivity contribution >= 4 is 27.7 Å². The Bertz CT molecular complexity index is 584. The molecule has 94 valence electrons. The summed E-state index contributed by atoms with van der Waals surface area (Å²) in [5.74, 6) is 0.263. The van der Waals surface area contributed by atoms with Gasteiger partial charge in [-0.05, 0) is 16.0 Å². The molecule has 0 fully saturated rings. The van der Waals surface area contributed by atoms with E-state index in [1.54, 1.807) is 19.3 Å². The predicted octanol–water partition coefficient (Wildman–Crippen LogP) is 1.43. The molecule has 0 aliphatic rings. The van der Waals surface area contributed by atoms with Gasteiger partial charge in [-0.2, -0.15) is 4.68 Å².